The number of rotatable bonds is 4. The summed E-state index contributed by atoms with van der Waals surface area (Å²) < 4.78 is 13.1. The van der Waals surface area contributed by atoms with Gasteiger partial charge in [-0.1, -0.05) is 12.1 Å². The normalized spacial score (nSPS) is 22.7. The number of halogens is 1. The van der Waals surface area contributed by atoms with Crippen LogP contribution in [0.15, 0.2) is 24.3 Å². The Bertz CT molecular complexity index is 689. The van der Waals surface area contributed by atoms with Gasteiger partial charge in [0.15, 0.2) is 0 Å². The first kappa shape index (κ1) is 15.3. The van der Waals surface area contributed by atoms with Crippen LogP contribution in [0, 0.1) is 11.7 Å². The molecule has 0 aromatic heterocycles. The summed E-state index contributed by atoms with van der Waals surface area (Å²) in [5.41, 5.74) is 0.389. The van der Waals surface area contributed by atoms with Crippen molar-refractivity contribution in [2.75, 3.05) is 19.6 Å². The summed E-state index contributed by atoms with van der Waals surface area (Å²) in [6.07, 6.45) is 2.20. The predicted octanol–water partition coefficient (Wildman–Crippen LogP) is 1.46. The molecule has 2 heterocycles. The fourth-order valence-corrected chi connectivity index (χ4v) is 3.76. The number of hydrogen-bond acceptors (Lipinski definition) is 3. The first-order valence-electron chi connectivity index (χ1n) is 8.38. The highest BCUT2D eigenvalue weighted by Crippen LogP contribution is 2.50. The van der Waals surface area contributed by atoms with Crippen molar-refractivity contribution in [3.8, 4) is 0 Å². The number of nitrogens with zero attached hydrogens (tertiary/aromatic N) is 2. The molecule has 24 heavy (non-hydrogen) atoms. The molecule has 126 valence electrons. The fourth-order valence-electron chi connectivity index (χ4n) is 3.76. The number of amides is 3. The molecule has 1 aromatic rings. The minimum atomic E-state index is -0.488. The molecule has 0 unspecified atom stereocenters. The van der Waals surface area contributed by atoms with Crippen molar-refractivity contribution >= 4 is 17.7 Å². The maximum Gasteiger partial charge on any atom is 0.233 e. The molecule has 0 bridgehead atoms. The van der Waals surface area contributed by atoms with Crippen LogP contribution in [-0.4, -0.2) is 47.2 Å². The molecule has 2 aliphatic heterocycles. The van der Waals surface area contributed by atoms with Gasteiger partial charge in [-0.15, -0.1) is 0 Å². The van der Waals surface area contributed by atoms with Crippen LogP contribution in [0.25, 0.3) is 0 Å². The monoisotopic (exact) mass is 330 g/mol. The third kappa shape index (κ3) is 2.41. The fraction of sp³-hybridized carbons (Fsp3) is 0.500. The minimum absolute atomic E-state index is 0.0874. The van der Waals surface area contributed by atoms with E-state index in [-0.39, 0.29) is 29.5 Å². The lowest BCUT2D eigenvalue weighted by molar-refractivity contribution is -0.144. The van der Waals surface area contributed by atoms with Crippen LogP contribution in [0.5, 0.6) is 0 Å². The first-order valence-corrected chi connectivity index (χ1v) is 8.38. The quantitative estimate of drug-likeness (QED) is 0.786. The summed E-state index contributed by atoms with van der Waals surface area (Å²) in [6, 6.07) is 6.18. The average Bonchev–Trinajstić information content (AvgIpc) is 3.27. The van der Waals surface area contributed by atoms with Crippen molar-refractivity contribution in [3.05, 3.63) is 35.6 Å². The second kappa shape index (κ2) is 5.40. The summed E-state index contributed by atoms with van der Waals surface area (Å²) >= 11 is 0. The zero-order chi connectivity index (χ0) is 16.9. The Kier molecular flexibility index (Phi) is 3.44. The third-order valence-corrected chi connectivity index (χ3v) is 5.40. The SMILES string of the molecule is O=C1CCC(=O)N1CC1CN(C(=O)C2(c3ccc(F)cc3)CC2)C1. The Labute approximate surface area is 139 Å². The molecule has 3 fully saturated rings. The molecule has 0 N–H and O–H groups in total. The van der Waals surface area contributed by atoms with Crippen molar-refractivity contribution in [1.29, 1.82) is 0 Å². The highest BCUT2D eigenvalue weighted by atomic mass is 19.1. The molecule has 0 spiro atoms. The lowest BCUT2D eigenvalue weighted by Crippen LogP contribution is -2.56. The van der Waals surface area contributed by atoms with Gasteiger partial charge in [0.05, 0.1) is 5.41 Å². The average molecular weight is 330 g/mol. The molecule has 0 atom stereocenters. The topological polar surface area (TPSA) is 57.7 Å². The summed E-state index contributed by atoms with van der Waals surface area (Å²) in [4.78, 5) is 39.2. The van der Waals surface area contributed by atoms with E-state index >= 15 is 0 Å². The van der Waals surface area contributed by atoms with Crippen LogP contribution in [0.3, 0.4) is 0 Å². The van der Waals surface area contributed by atoms with Gasteiger partial charge < -0.3 is 4.90 Å². The number of carbonyl (C=O) groups excluding carboxylic acids is 3. The van der Waals surface area contributed by atoms with E-state index in [0.29, 0.717) is 32.5 Å². The van der Waals surface area contributed by atoms with E-state index in [1.54, 1.807) is 17.0 Å². The Morgan fingerprint density at radius 3 is 2.21 bits per heavy atom. The molecule has 0 radical (unpaired) electrons. The van der Waals surface area contributed by atoms with Gasteiger partial charge in [-0.3, -0.25) is 19.3 Å². The van der Waals surface area contributed by atoms with E-state index in [1.807, 2.05) is 0 Å². The van der Waals surface area contributed by atoms with Crippen molar-refractivity contribution in [1.82, 2.24) is 9.80 Å². The molecule has 1 aromatic carbocycles. The van der Waals surface area contributed by atoms with Crippen LogP contribution >= 0.6 is 0 Å². The number of imide groups is 1. The minimum Gasteiger partial charge on any atom is -0.341 e. The van der Waals surface area contributed by atoms with E-state index in [9.17, 15) is 18.8 Å². The Morgan fingerprint density at radius 2 is 1.67 bits per heavy atom. The summed E-state index contributed by atoms with van der Waals surface area (Å²) in [6.45, 7) is 1.59. The second-order valence-corrected chi connectivity index (χ2v) is 7.06. The highest BCUT2D eigenvalue weighted by molar-refractivity contribution is 6.02. The molecule has 4 rings (SSSR count). The largest absolute Gasteiger partial charge is 0.341 e. The Balaban J connectivity index is 1.37. The molecular formula is C18H19FN2O3. The van der Waals surface area contributed by atoms with Gasteiger partial charge in [-0.05, 0) is 30.5 Å². The van der Waals surface area contributed by atoms with Gasteiger partial charge in [0.1, 0.15) is 5.82 Å². The maximum atomic E-state index is 13.1. The van der Waals surface area contributed by atoms with Crippen LogP contribution in [0.1, 0.15) is 31.2 Å². The van der Waals surface area contributed by atoms with Gasteiger partial charge >= 0.3 is 0 Å². The van der Waals surface area contributed by atoms with Crippen molar-refractivity contribution in [2.45, 2.75) is 31.1 Å². The van der Waals surface area contributed by atoms with E-state index in [0.717, 1.165) is 18.4 Å². The molecular weight excluding hydrogens is 311 g/mol. The number of carbonyl (C=O) groups is 3. The lowest BCUT2D eigenvalue weighted by atomic mass is 9.90. The van der Waals surface area contributed by atoms with Gasteiger partial charge in [-0.2, -0.15) is 0 Å². The van der Waals surface area contributed by atoms with Crippen LogP contribution in [0.4, 0.5) is 4.39 Å². The summed E-state index contributed by atoms with van der Waals surface area (Å²) in [7, 11) is 0. The standard InChI is InChI=1S/C18H19FN2O3/c19-14-3-1-13(2-4-14)18(7-8-18)17(24)20-9-12(10-20)11-21-15(22)5-6-16(21)23/h1-4,12H,5-11H2. The highest BCUT2D eigenvalue weighted by Gasteiger charge is 2.54. The maximum absolute atomic E-state index is 13.1. The first-order chi connectivity index (χ1) is 11.5. The zero-order valence-electron chi connectivity index (χ0n) is 13.3. The van der Waals surface area contributed by atoms with Crippen molar-refractivity contribution in [2.24, 2.45) is 5.92 Å². The molecule has 1 saturated carbocycles. The van der Waals surface area contributed by atoms with E-state index in [2.05, 4.69) is 0 Å². The smallest absolute Gasteiger partial charge is 0.233 e. The molecule has 1 aliphatic carbocycles. The van der Waals surface area contributed by atoms with Gasteiger partial charge in [0.25, 0.3) is 0 Å². The van der Waals surface area contributed by atoms with E-state index < -0.39 is 5.41 Å². The van der Waals surface area contributed by atoms with Crippen LogP contribution < -0.4 is 0 Å². The van der Waals surface area contributed by atoms with E-state index in [4.69, 9.17) is 0 Å². The number of likely N-dealkylation sites (tertiary alicyclic amines) is 2. The van der Waals surface area contributed by atoms with E-state index in [1.165, 1.54) is 17.0 Å². The van der Waals surface area contributed by atoms with Gasteiger partial charge in [0.2, 0.25) is 17.7 Å². The Morgan fingerprint density at radius 1 is 1.08 bits per heavy atom. The van der Waals surface area contributed by atoms with Crippen LogP contribution in [-0.2, 0) is 19.8 Å². The lowest BCUT2D eigenvalue weighted by Gasteiger charge is -2.42. The molecule has 3 amide bonds. The van der Waals surface area contributed by atoms with Crippen LogP contribution in [0.2, 0.25) is 0 Å². The van der Waals surface area contributed by atoms with Gasteiger partial charge in [0, 0.05) is 38.4 Å². The van der Waals surface area contributed by atoms with Crippen molar-refractivity contribution < 1.29 is 18.8 Å². The number of hydrogen-bond donors (Lipinski definition) is 0. The number of benzene rings is 1. The predicted molar refractivity (Wildman–Crippen MR) is 83.3 cm³/mol. The zero-order valence-corrected chi connectivity index (χ0v) is 13.3. The molecule has 5 nitrogen and oxygen atoms in total. The Hall–Kier alpha value is -2.24. The molecule has 2 saturated heterocycles. The molecule has 6 heteroatoms. The third-order valence-electron chi connectivity index (χ3n) is 5.40. The van der Waals surface area contributed by atoms with Crippen molar-refractivity contribution in [3.63, 3.8) is 0 Å². The summed E-state index contributed by atoms with van der Waals surface area (Å²) in [5, 5.41) is 0. The summed E-state index contributed by atoms with van der Waals surface area (Å²) in [5.74, 6) is -0.246. The van der Waals surface area contributed by atoms with Gasteiger partial charge in [-0.25, -0.2) is 4.39 Å². The second-order valence-electron chi connectivity index (χ2n) is 7.06. The molecule has 3 aliphatic rings.